The van der Waals surface area contributed by atoms with Crippen molar-refractivity contribution in [3.8, 4) is 0 Å². The van der Waals surface area contributed by atoms with Crippen molar-refractivity contribution >= 4 is 17.3 Å². The molecule has 1 saturated heterocycles. The van der Waals surface area contributed by atoms with Gasteiger partial charge < -0.3 is 21.1 Å². The summed E-state index contributed by atoms with van der Waals surface area (Å²) in [5.74, 6) is 0.853. The van der Waals surface area contributed by atoms with Crippen molar-refractivity contribution in [2.75, 3.05) is 26.2 Å². The van der Waals surface area contributed by atoms with E-state index in [1.165, 1.54) is 32.1 Å². The van der Waals surface area contributed by atoms with Gasteiger partial charge in [-0.15, -0.1) is 0 Å². The Kier molecular flexibility index (Phi) is 8.29. The number of hydrogen-bond donors (Lipinski definition) is 3. The summed E-state index contributed by atoms with van der Waals surface area (Å²) in [7, 11) is 0. The number of morpholine rings is 1. The molecule has 4 N–H and O–H groups in total. The number of hydrogen-bond acceptors (Lipinski definition) is 3. The second-order valence-electron chi connectivity index (χ2n) is 4.91. The van der Waals surface area contributed by atoms with E-state index < -0.39 is 0 Å². The molecule has 1 saturated carbocycles. The van der Waals surface area contributed by atoms with Crippen molar-refractivity contribution in [1.82, 2.24) is 10.6 Å². The van der Waals surface area contributed by atoms with Crippen LogP contribution < -0.4 is 16.4 Å². The molecular weight excluding hydrogens is 246 g/mol. The molecular formula is C13H27N3OS. The van der Waals surface area contributed by atoms with Gasteiger partial charge in [-0.1, -0.05) is 19.3 Å². The summed E-state index contributed by atoms with van der Waals surface area (Å²) in [5, 5.41) is 6.50. The van der Waals surface area contributed by atoms with Gasteiger partial charge in [-0.3, -0.25) is 0 Å². The zero-order chi connectivity index (χ0) is 13.2. The fraction of sp³-hybridized carbons (Fsp3) is 0.923. The molecule has 1 heterocycles. The van der Waals surface area contributed by atoms with E-state index in [9.17, 15) is 0 Å². The van der Waals surface area contributed by atoms with Gasteiger partial charge in [0, 0.05) is 19.6 Å². The lowest BCUT2D eigenvalue weighted by molar-refractivity contribution is -0.0190. The number of nitrogens with two attached hydrogens (primary N) is 1. The average Bonchev–Trinajstić information content (AvgIpc) is 2.41. The summed E-state index contributed by atoms with van der Waals surface area (Å²) in [6.07, 6.45) is 7.60. The van der Waals surface area contributed by atoms with Gasteiger partial charge in [0.05, 0.1) is 12.7 Å². The fourth-order valence-electron chi connectivity index (χ4n) is 2.57. The SMILES string of the molecule is C1CCC(C2CNCCO2)CC1.CCNC(N)=S. The minimum atomic E-state index is 0.373. The van der Waals surface area contributed by atoms with Crippen molar-refractivity contribution in [3.05, 3.63) is 0 Å². The van der Waals surface area contributed by atoms with Gasteiger partial charge in [0.1, 0.15) is 0 Å². The highest BCUT2D eigenvalue weighted by molar-refractivity contribution is 7.80. The quantitative estimate of drug-likeness (QED) is 0.664. The maximum atomic E-state index is 5.75. The molecule has 2 rings (SSSR count). The highest BCUT2D eigenvalue weighted by Gasteiger charge is 2.25. The molecule has 5 heteroatoms. The monoisotopic (exact) mass is 273 g/mol. The van der Waals surface area contributed by atoms with E-state index in [-0.39, 0.29) is 0 Å². The van der Waals surface area contributed by atoms with Crippen molar-refractivity contribution in [1.29, 1.82) is 0 Å². The summed E-state index contributed by atoms with van der Waals surface area (Å²) >= 11 is 4.46. The predicted octanol–water partition coefficient (Wildman–Crippen LogP) is 1.39. The molecule has 0 amide bonds. The molecule has 0 spiro atoms. The van der Waals surface area contributed by atoms with Crippen LogP contribution in [0.1, 0.15) is 39.0 Å². The van der Waals surface area contributed by atoms with Gasteiger partial charge in [0.25, 0.3) is 0 Å². The van der Waals surface area contributed by atoms with Crippen molar-refractivity contribution in [2.45, 2.75) is 45.1 Å². The van der Waals surface area contributed by atoms with Gasteiger partial charge in [0.15, 0.2) is 5.11 Å². The van der Waals surface area contributed by atoms with E-state index in [1.807, 2.05) is 6.92 Å². The Morgan fingerprint density at radius 1 is 1.39 bits per heavy atom. The van der Waals surface area contributed by atoms with E-state index in [1.54, 1.807) is 0 Å². The number of rotatable bonds is 2. The van der Waals surface area contributed by atoms with Gasteiger partial charge in [-0.05, 0) is 37.9 Å². The summed E-state index contributed by atoms with van der Waals surface area (Å²) < 4.78 is 5.75. The molecule has 1 unspecified atom stereocenters. The van der Waals surface area contributed by atoms with Crippen molar-refractivity contribution in [2.24, 2.45) is 11.7 Å². The Morgan fingerprint density at radius 2 is 2.11 bits per heavy atom. The molecule has 18 heavy (non-hydrogen) atoms. The van der Waals surface area contributed by atoms with Gasteiger partial charge in [0.2, 0.25) is 0 Å². The van der Waals surface area contributed by atoms with E-state index in [0.717, 1.165) is 32.2 Å². The van der Waals surface area contributed by atoms with Crippen molar-refractivity contribution in [3.63, 3.8) is 0 Å². The average molecular weight is 273 g/mol. The number of thiocarbonyl (C=S) groups is 1. The Morgan fingerprint density at radius 3 is 2.56 bits per heavy atom. The highest BCUT2D eigenvalue weighted by Crippen LogP contribution is 2.28. The Balaban J connectivity index is 0.000000232. The molecule has 1 aliphatic heterocycles. The lowest BCUT2D eigenvalue weighted by Crippen LogP contribution is -2.43. The van der Waals surface area contributed by atoms with Crippen LogP contribution in [0.4, 0.5) is 0 Å². The molecule has 2 aliphatic rings. The van der Waals surface area contributed by atoms with Crippen LogP contribution in [0.5, 0.6) is 0 Å². The first-order valence-electron chi connectivity index (χ1n) is 7.09. The highest BCUT2D eigenvalue weighted by atomic mass is 32.1. The normalized spacial score (nSPS) is 24.8. The lowest BCUT2D eigenvalue weighted by Gasteiger charge is -2.33. The smallest absolute Gasteiger partial charge is 0.163 e. The molecule has 4 nitrogen and oxygen atoms in total. The summed E-state index contributed by atoms with van der Waals surface area (Å²) in [6.45, 7) is 5.81. The largest absolute Gasteiger partial charge is 0.376 e. The topological polar surface area (TPSA) is 59.3 Å². The zero-order valence-corrected chi connectivity index (χ0v) is 12.2. The van der Waals surface area contributed by atoms with E-state index >= 15 is 0 Å². The molecule has 0 aromatic carbocycles. The zero-order valence-electron chi connectivity index (χ0n) is 11.4. The van der Waals surface area contributed by atoms with E-state index in [4.69, 9.17) is 10.5 Å². The fourth-order valence-corrected chi connectivity index (χ4v) is 2.71. The van der Waals surface area contributed by atoms with Crippen LogP contribution in [0, 0.1) is 5.92 Å². The Labute approximate surface area is 116 Å². The van der Waals surface area contributed by atoms with Crippen molar-refractivity contribution < 1.29 is 4.74 Å². The summed E-state index contributed by atoms with van der Waals surface area (Å²) in [5.41, 5.74) is 5.02. The molecule has 2 fully saturated rings. The van der Waals surface area contributed by atoms with Gasteiger partial charge in [-0.2, -0.15) is 0 Å². The van der Waals surface area contributed by atoms with Crippen LogP contribution in [-0.4, -0.2) is 37.5 Å². The predicted molar refractivity (Wildman–Crippen MR) is 79.6 cm³/mol. The third-order valence-corrected chi connectivity index (χ3v) is 3.63. The summed E-state index contributed by atoms with van der Waals surface area (Å²) in [4.78, 5) is 0. The van der Waals surface area contributed by atoms with Crippen LogP contribution >= 0.6 is 12.2 Å². The number of ether oxygens (including phenoxy) is 1. The van der Waals surface area contributed by atoms with Crippen LogP contribution in [0.3, 0.4) is 0 Å². The molecule has 0 bridgehead atoms. The van der Waals surface area contributed by atoms with Crippen LogP contribution in [0.15, 0.2) is 0 Å². The summed E-state index contributed by atoms with van der Waals surface area (Å²) in [6, 6.07) is 0. The minimum Gasteiger partial charge on any atom is -0.376 e. The Hall–Kier alpha value is -0.390. The lowest BCUT2D eigenvalue weighted by atomic mass is 9.85. The molecule has 0 aromatic heterocycles. The van der Waals surface area contributed by atoms with E-state index in [2.05, 4.69) is 22.9 Å². The third-order valence-electron chi connectivity index (χ3n) is 3.48. The maximum Gasteiger partial charge on any atom is 0.163 e. The molecule has 0 radical (unpaired) electrons. The second-order valence-corrected chi connectivity index (χ2v) is 5.35. The first-order valence-corrected chi connectivity index (χ1v) is 7.50. The van der Waals surface area contributed by atoms with Crippen LogP contribution in [0.25, 0.3) is 0 Å². The number of nitrogens with one attached hydrogen (secondary N) is 2. The first kappa shape index (κ1) is 15.7. The second kappa shape index (κ2) is 9.53. The Bertz CT molecular complexity index is 210. The van der Waals surface area contributed by atoms with E-state index in [0.29, 0.717) is 11.2 Å². The minimum absolute atomic E-state index is 0.373. The third kappa shape index (κ3) is 6.52. The molecule has 1 aliphatic carbocycles. The van der Waals surface area contributed by atoms with Gasteiger partial charge >= 0.3 is 0 Å². The first-order chi connectivity index (χ1) is 8.74. The van der Waals surface area contributed by atoms with Gasteiger partial charge in [-0.25, -0.2) is 0 Å². The maximum absolute atomic E-state index is 5.75. The molecule has 0 aromatic rings. The standard InChI is InChI=1S/C10H19NO.C3H8N2S/c1-2-4-9(5-3-1)10-8-11-6-7-12-10;1-2-5-3(4)6/h9-11H,1-8H2;2H2,1H3,(H3,4,5,6). The molecule has 1 atom stereocenters. The van der Waals surface area contributed by atoms with Crippen LogP contribution in [0.2, 0.25) is 0 Å². The molecule has 106 valence electrons. The van der Waals surface area contributed by atoms with Crippen LogP contribution in [-0.2, 0) is 4.74 Å².